The fourth-order valence-electron chi connectivity index (χ4n) is 3.65. The SMILES string of the molecule is O=C1CCCC(=Nc2ccc(Br)cc2)/C1=C(/O)Cc1cccc2ccccc12. The van der Waals surface area contributed by atoms with E-state index in [9.17, 15) is 9.90 Å². The Morgan fingerprint density at radius 2 is 1.71 bits per heavy atom. The maximum atomic E-state index is 12.6. The second kappa shape index (κ2) is 8.11. The second-order valence-electron chi connectivity index (χ2n) is 6.95. The number of benzene rings is 3. The van der Waals surface area contributed by atoms with Gasteiger partial charge in [0.05, 0.1) is 17.0 Å². The maximum Gasteiger partial charge on any atom is 0.168 e. The fourth-order valence-corrected chi connectivity index (χ4v) is 3.92. The first kappa shape index (κ1) is 18.6. The van der Waals surface area contributed by atoms with Gasteiger partial charge in [-0.2, -0.15) is 0 Å². The van der Waals surface area contributed by atoms with Crippen molar-refractivity contribution in [3.8, 4) is 0 Å². The number of carbonyl (C=O) groups is 1. The first-order chi connectivity index (χ1) is 13.6. The predicted molar refractivity (Wildman–Crippen MR) is 117 cm³/mol. The van der Waals surface area contributed by atoms with Crippen LogP contribution >= 0.6 is 15.9 Å². The zero-order valence-electron chi connectivity index (χ0n) is 15.4. The number of Topliss-reactive ketones (excluding diaryl/α,β-unsaturated/α-hetero) is 1. The van der Waals surface area contributed by atoms with Gasteiger partial charge in [-0.05, 0) is 53.4 Å². The lowest BCUT2D eigenvalue weighted by Gasteiger charge is -2.18. The van der Waals surface area contributed by atoms with Crippen molar-refractivity contribution in [3.05, 3.63) is 88.1 Å². The van der Waals surface area contributed by atoms with Crippen LogP contribution in [-0.4, -0.2) is 16.6 Å². The second-order valence-corrected chi connectivity index (χ2v) is 7.86. The molecule has 0 aromatic heterocycles. The molecule has 1 aliphatic carbocycles. The number of carbonyl (C=O) groups excluding carboxylic acids is 1. The number of aliphatic hydroxyl groups is 1. The molecule has 3 aromatic carbocycles. The minimum atomic E-state index is -0.0279. The number of fused-ring (bicyclic) bond motifs is 1. The van der Waals surface area contributed by atoms with Crippen LogP contribution in [0.1, 0.15) is 24.8 Å². The highest BCUT2D eigenvalue weighted by atomic mass is 79.9. The molecule has 0 bridgehead atoms. The highest BCUT2D eigenvalue weighted by molar-refractivity contribution is 9.10. The Labute approximate surface area is 172 Å². The van der Waals surface area contributed by atoms with E-state index < -0.39 is 0 Å². The Hall–Kier alpha value is -2.72. The summed E-state index contributed by atoms with van der Waals surface area (Å²) >= 11 is 3.42. The smallest absolute Gasteiger partial charge is 0.168 e. The first-order valence-corrected chi connectivity index (χ1v) is 10.2. The van der Waals surface area contributed by atoms with Gasteiger partial charge in [0.1, 0.15) is 5.76 Å². The van der Waals surface area contributed by atoms with E-state index in [4.69, 9.17) is 0 Å². The summed E-state index contributed by atoms with van der Waals surface area (Å²) in [6, 6.07) is 21.7. The van der Waals surface area contributed by atoms with Crippen molar-refractivity contribution in [2.45, 2.75) is 25.7 Å². The largest absolute Gasteiger partial charge is 0.511 e. The summed E-state index contributed by atoms with van der Waals surface area (Å²) in [5.74, 6) is 0.0803. The van der Waals surface area contributed by atoms with Gasteiger partial charge in [-0.1, -0.05) is 58.4 Å². The van der Waals surface area contributed by atoms with Gasteiger partial charge in [0.15, 0.2) is 5.78 Å². The number of ketones is 1. The molecule has 0 unspecified atom stereocenters. The first-order valence-electron chi connectivity index (χ1n) is 9.37. The van der Waals surface area contributed by atoms with Gasteiger partial charge in [0, 0.05) is 17.3 Å². The van der Waals surface area contributed by atoms with E-state index in [0.29, 0.717) is 30.5 Å². The summed E-state index contributed by atoms with van der Waals surface area (Å²) in [4.78, 5) is 17.3. The minimum absolute atomic E-state index is 0.0279. The molecule has 0 radical (unpaired) electrons. The van der Waals surface area contributed by atoms with Gasteiger partial charge < -0.3 is 5.11 Å². The summed E-state index contributed by atoms with van der Waals surface area (Å²) in [5.41, 5.74) is 2.85. The van der Waals surface area contributed by atoms with Crippen molar-refractivity contribution in [2.75, 3.05) is 0 Å². The van der Waals surface area contributed by atoms with Crippen LogP contribution in [0.25, 0.3) is 10.8 Å². The molecule has 0 atom stereocenters. The van der Waals surface area contributed by atoms with E-state index in [1.165, 1.54) is 0 Å². The summed E-state index contributed by atoms with van der Waals surface area (Å²) in [6.45, 7) is 0. The average molecular weight is 434 g/mol. The Bertz CT molecular complexity index is 1090. The Morgan fingerprint density at radius 3 is 2.54 bits per heavy atom. The summed E-state index contributed by atoms with van der Waals surface area (Å²) < 4.78 is 0.978. The lowest BCUT2D eigenvalue weighted by atomic mass is 9.88. The number of hydrogen-bond acceptors (Lipinski definition) is 3. The van der Waals surface area contributed by atoms with E-state index in [1.54, 1.807) is 0 Å². The van der Waals surface area contributed by atoms with Crippen molar-refractivity contribution in [2.24, 2.45) is 4.99 Å². The van der Waals surface area contributed by atoms with Gasteiger partial charge >= 0.3 is 0 Å². The van der Waals surface area contributed by atoms with Gasteiger partial charge in [-0.15, -0.1) is 0 Å². The van der Waals surface area contributed by atoms with Crippen molar-refractivity contribution in [3.63, 3.8) is 0 Å². The third-order valence-electron chi connectivity index (χ3n) is 5.00. The number of allylic oxidation sites excluding steroid dienone is 2. The molecule has 3 aromatic rings. The normalized spacial score (nSPS) is 17.9. The van der Waals surface area contributed by atoms with Crippen LogP contribution in [0.3, 0.4) is 0 Å². The van der Waals surface area contributed by atoms with E-state index in [-0.39, 0.29) is 11.5 Å². The van der Waals surface area contributed by atoms with Gasteiger partial charge in [-0.3, -0.25) is 9.79 Å². The Morgan fingerprint density at radius 1 is 0.964 bits per heavy atom. The quantitative estimate of drug-likeness (QED) is 0.379. The monoisotopic (exact) mass is 433 g/mol. The molecule has 1 saturated carbocycles. The Kier molecular flexibility index (Phi) is 5.40. The van der Waals surface area contributed by atoms with Crippen LogP contribution in [-0.2, 0) is 11.2 Å². The third-order valence-corrected chi connectivity index (χ3v) is 5.53. The topological polar surface area (TPSA) is 49.7 Å². The van der Waals surface area contributed by atoms with Crippen molar-refractivity contribution >= 4 is 43.9 Å². The Balaban J connectivity index is 1.74. The summed E-state index contributed by atoms with van der Waals surface area (Å²) in [7, 11) is 0. The third kappa shape index (κ3) is 3.92. The molecule has 4 rings (SSSR count). The fraction of sp³-hybridized carbons (Fsp3) is 0.167. The molecular formula is C24H20BrNO2. The molecule has 4 heteroatoms. The molecule has 0 amide bonds. The number of aliphatic hydroxyl groups excluding tert-OH is 1. The summed E-state index contributed by atoms with van der Waals surface area (Å²) in [5, 5.41) is 13.1. The van der Waals surface area contributed by atoms with E-state index >= 15 is 0 Å². The average Bonchev–Trinajstić information content (AvgIpc) is 2.70. The van der Waals surface area contributed by atoms with Crippen LogP contribution in [0.5, 0.6) is 0 Å². The van der Waals surface area contributed by atoms with Gasteiger partial charge in [-0.25, -0.2) is 0 Å². The maximum absolute atomic E-state index is 12.6. The van der Waals surface area contributed by atoms with Gasteiger partial charge in [0.25, 0.3) is 0 Å². The molecule has 140 valence electrons. The van der Waals surface area contributed by atoms with E-state index in [0.717, 1.165) is 32.9 Å². The van der Waals surface area contributed by atoms with Gasteiger partial charge in [0.2, 0.25) is 0 Å². The highest BCUT2D eigenvalue weighted by Gasteiger charge is 2.25. The molecule has 0 aliphatic heterocycles. The lowest BCUT2D eigenvalue weighted by molar-refractivity contribution is -0.115. The molecule has 28 heavy (non-hydrogen) atoms. The molecule has 3 nitrogen and oxygen atoms in total. The molecular weight excluding hydrogens is 414 g/mol. The predicted octanol–water partition coefficient (Wildman–Crippen LogP) is 6.48. The molecule has 0 spiro atoms. The molecule has 1 aliphatic rings. The van der Waals surface area contributed by atoms with E-state index in [2.05, 4.69) is 33.1 Å². The molecule has 1 fully saturated rings. The zero-order valence-corrected chi connectivity index (χ0v) is 16.9. The lowest BCUT2D eigenvalue weighted by Crippen LogP contribution is -2.21. The van der Waals surface area contributed by atoms with Crippen LogP contribution < -0.4 is 0 Å². The molecule has 0 saturated heterocycles. The standard InChI is InChI=1S/C24H20BrNO2/c25-18-11-13-19(14-12-18)26-21-9-4-10-22(27)24(21)23(28)15-17-7-3-6-16-5-1-2-8-20(16)17/h1-3,5-8,11-14,28H,4,9-10,15H2/b24-23-,26-21?. The number of halogens is 1. The number of hydrogen-bond donors (Lipinski definition) is 1. The summed E-state index contributed by atoms with van der Waals surface area (Å²) in [6.07, 6.45) is 2.23. The molecule has 0 heterocycles. The van der Waals surface area contributed by atoms with Crippen LogP contribution in [0.2, 0.25) is 0 Å². The van der Waals surface area contributed by atoms with Crippen molar-refractivity contribution < 1.29 is 9.90 Å². The minimum Gasteiger partial charge on any atom is -0.511 e. The zero-order chi connectivity index (χ0) is 19.5. The van der Waals surface area contributed by atoms with E-state index in [1.807, 2.05) is 54.6 Å². The number of aliphatic imine (C=N–C) groups is 1. The number of nitrogens with zero attached hydrogens (tertiary/aromatic N) is 1. The van der Waals surface area contributed by atoms with Crippen molar-refractivity contribution in [1.82, 2.24) is 0 Å². The highest BCUT2D eigenvalue weighted by Crippen LogP contribution is 2.27. The molecule has 1 N–H and O–H groups in total. The van der Waals surface area contributed by atoms with Crippen molar-refractivity contribution in [1.29, 1.82) is 0 Å². The van der Waals surface area contributed by atoms with Crippen LogP contribution in [0, 0.1) is 0 Å². The van der Waals surface area contributed by atoms with Crippen LogP contribution in [0.15, 0.2) is 87.5 Å². The van der Waals surface area contributed by atoms with Crippen LogP contribution in [0.4, 0.5) is 5.69 Å². The number of rotatable bonds is 3.